The fourth-order valence-corrected chi connectivity index (χ4v) is 12.0. The Morgan fingerprint density at radius 1 is 0.367 bits per heavy atom. The lowest BCUT2D eigenvalue weighted by Crippen LogP contribution is -2.36. The predicted octanol–water partition coefficient (Wildman–Crippen LogP) is 19.2. The van der Waals surface area contributed by atoms with E-state index >= 15 is 0 Å². The van der Waals surface area contributed by atoms with E-state index in [4.69, 9.17) is 10.4 Å². The van der Waals surface area contributed by atoms with Gasteiger partial charge < -0.3 is 4.98 Å². The molecular formula is C72H93N7+2. The number of hydrogen-bond donors (Lipinski definition) is 1. The third-order valence-electron chi connectivity index (χ3n) is 16.7. The molecule has 7 nitrogen and oxygen atoms in total. The first-order valence-electron chi connectivity index (χ1n) is 29.8. The Morgan fingerprint density at radius 2 is 0.620 bits per heavy atom. The lowest BCUT2D eigenvalue weighted by molar-refractivity contribution is -0.662. The number of rotatable bonds is 14. The molecule has 9 rings (SSSR count). The number of para-hydroxylation sites is 4. The highest BCUT2D eigenvalue weighted by molar-refractivity contribution is 6.15. The zero-order valence-corrected chi connectivity index (χ0v) is 52.2. The normalized spacial score (nSPS) is 12.8. The van der Waals surface area contributed by atoms with E-state index in [1.54, 1.807) is 0 Å². The molecule has 9 aromatic rings. The second-order valence-electron chi connectivity index (χ2n) is 27.4. The SMILES string of the molecule is CC(C)c1cccc(C(C)C)c1-n1n[n+](-c2c(C(C)C)cccc2C(C)C)cc1-c1cc(C(C)(C)C)cc2c1[nH]c1c(-c3c[n+](-c4c(C(C)C)cccc4C(C)C)nn3-c3c(C(C)C)cccc3C(C)C)cc(C(C)(C)C)cc12. The summed E-state index contributed by atoms with van der Waals surface area (Å²) in [5, 5.41) is 14.1. The molecule has 79 heavy (non-hydrogen) atoms. The molecule has 0 aliphatic heterocycles. The minimum absolute atomic E-state index is 0.179. The summed E-state index contributed by atoms with van der Waals surface area (Å²) in [6.45, 7) is 51.1. The third-order valence-corrected chi connectivity index (χ3v) is 16.7. The fraction of sp³-hybridized carbons (Fsp3) is 0.444. The Labute approximate surface area is 474 Å². The number of nitrogens with one attached hydrogen (secondary N) is 1. The van der Waals surface area contributed by atoms with Gasteiger partial charge in [0.25, 0.3) is 0 Å². The maximum Gasteiger partial charge on any atom is 0.207 e. The van der Waals surface area contributed by atoms with Crippen LogP contribution in [0.5, 0.6) is 0 Å². The van der Waals surface area contributed by atoms with Gasteiger partial charge in [-0.15, -0.1) is 9.36 Å². The Kier molecular flexibility index (Phi) is 15.5. The molecular weight excluding hydrogens is 963 g/mol. The summed E-state index contributed by atoms with van der Waals surface area (Å²) in [5.41, 5.74) is 23.7. The number of hydrogen-bond acceptors (Lipinski definition) is 2. The Morgan fingerprint density at radius 3 is 0.861 bits per heavy atom. The quantitative estimate of drug-likeness (QED) is 0.110. The number of aromatic nitrogens is 7. The molecule has 0 atom stereocenters. The molecule has 0 saturated heterocycles. The van der Waals surface area contributed by atoms with Gasteiger partial charge in [0.2, 0.25) is 11.4 Å². The Hall–Kier alpha value is -6.60. The second kappa shape index (κ2) is 21.5. The average molecular weight is 1060 g/mol. The molecule has 7 heteroatoms. The van der Waals surface area contributed by atoms with Crippen LogP contribution in [0.2, 0.25) is 0 Å². The molecule has 0 aliphatic rings. The van der Waals surface area contributed by atoms with Crippen molar-refractivity contribution in [3.05, 3.63) is 165 Å². The summed E-state index contributed by atoms with van der Waals surface area (Å²) in [6.07, 6.45) is 4.69. The molecule has 6 aromatic carbocycles. The van der Waals surface area contributed by atoms with Crippen molar-refractivity contribution in [2.45, 2.75) is 210 Å². The first-order chi connectivity index (χ1) is 37.1. The number of fused-ring (bicyclic) bond motifs is 3. The highest BCUT2D eigenvalue weighted by Gasteiger charge is 2.36. The highest BCUT2D eigenvalue weighted by Crippen LogP contribution is 2.45. The molecule has 0 radical (unpaired) electrons. The summed E-state index contributed by atoms with van der Waals surface area (Å²) < 4.78 is 9.07. The number of aromatic amines is 1. The average Bonchev–Trinajstić information content (AvgIpc) is 4.17. The van der Waals surface area contributed by atoms with Crippen LogP contribution in [-0.2, 0) is 10.8 Å². The molecule has 0 amide bonds. The van der Waals surface area contributed by atoms with Gasteiger partial charge in [0.15, 0.2) is 35.1 Å². The van der Waals surface area contributed by atoms with Crippen molar-refractivity contribution in [1.29, 1.82) is 0 Å². The van der Waals surface area contributed by atoms with E-state index in [0.29, 0.717) is 0 Å². The van der Waals surface area contributed by atoms with Crippen LogP contribution in [0.15, 0.2) is 109 Å². The van der Waals surface area contributed by atoms with Gasteiger partial charge >= 0.3 is 0 Å². The molecule has 0 aliphatic carbocycles. The lowest BCUT2D eigenvalue weighted by Gasteiger charge is -2.21. The van der Waals surface area contributed by atoms with E-state index in [9.17, 15) is 0 Å². The molecule has 414 valence electrons. The monoisotopic (exact) mass is 1060 g/mol. The summed E-state index contributed by atoms with van der Waals surface area (Å²) in [7, 11) is 0. The highest BCUT2D eigenvalue weighted by atomic mass is 15.5. The van der Waals surface area contributed by atoms with Crippen molar-refractivity contribution in [3.63, 3.8) is 0 Å². The van der Waals surface area contributed by atoms with E-state index in [2.05, 4.69) is 285 Å². The van der Waals surface area contributed by atoms with Crippen molar-refractivity contribution in [2.75, 3.05) is 0 Å². The van der Waals surface area contributed by atoms with Gasteiger partial charge in [0.1, 0.15) is 10.4 Å². The minimum atomic E-state index is -0.179. The second-order valence-corrected chi connectivity index (χ2v) is 27.4. The maximum absolute atomic E-state index is 5.83. The number of benzene rings is 6. The molecule has 0 spiro atoms. The standard InChI is InChI=1S/C72H93N7/c1-41(2)51-27-23-28-52(42(3)4)67(51)76-39-63(78(74-76)69-55(45(9)10)31-25-32-56(69)46(11)12)61-37-49(71(17,18)19)35-59-60-36-50(72(20,21)22)38-62(66(60)73-65(59)61)64-40-77(68-53(43(5)6)29-24-30-54(68)44(7)8)75-79(64)70-57(47(13)14)33-26-34-58(70)48(15)16/h23-48,73H,1-22H3/q+2. The van der Waals surface area contributed by atoms with Gasteiger partial charge in [0.05, 0.1) is 22.2 Å². The number of nitrogens with zero attached hydrogens (tertiary/aromatic N) is 6. The Bertz CT molecular complexity index is 3370. The van der Waals surface area contributed by atoms with E-state index in [0.717, 1.165) is 44.9 Å². The van der Waals surface area contributed by atoms with E-state index in [-0.39, 0.29) is 58.2 Å². The van der Waals surface area contributed by atoms with Crippen LogP contribution in [0.1, 0.15) is 255 Å². The number of H-pyrrole nitrogens is 1. The first-order valence-corrected chi connectivity index (χ1v) is 29.8. The van der Waals surface area contributed by atoms with E-state index < -0.39 is 0 Å². The summed E-state index contributed by atoms with van der Waals surface area (Å²) in [4.78, 5) is 4.29. The molecule has 3 aromatic heterocycles. The van der Waals surface area contributed by atoms with Crippen molar-refractivity contribution in [3.8, 4) is 45.3 Å². The molecule has 0 bridgehead atoms. The van der Waals surface area contributed by atoms with Crippen LogP contribution in [0.25, 0.3) is 67.1 Å². The van der Waals surface area contributed by atoms with Crippen LogP contribution in [0, 0.1) is 0 Å². The summed E-state index contributed by atoms with van der Waals surface area (Å²) >= 11 is 0. The molecule has 0 saturated carbocycles. The summed E-state index contributed by atoms with van der Waals surface area (Å²) in [5.74, 6) is 2.19. The maximum atomic E-state index is 5.83. The zero-order valence-electron chi connectivity index (χ0n) is 52.2. The predicted molar refractivity (Wildman–Crippen MR) is 334 cm³/mol. The van der Waals surface area contributed by atoms with E-state index in [1.807, 2.05) is 0 Å². The van der Waals surface area contributed by atoms with Crippen LogP contribution in [0.3, 0.4) is 0 Å². The minimum Gasteiger partial charge on any atom is -0.353 e. The topological polar surface area (TPSA) is 59.2 Å². The van der Waals surface area contributed by atoms with Crippen LogP contribution in [-0.4, -0.2) is 24.8 Å². The zero-order chi connectivity index (χ0) is 57.5. The van der Waals surface area contributed by atoms with Gasteiger partial charge in [-0.2, -0.15) is 0 Å². The molecule has 3 heterocycles. The van der Waals surface area contributed by atoms with Crippen molar-refractivity contribution in [2.24, 2.45) is 0 Å². The lowest BCUT2D eigenvalue weighted by atomic mass is 9.83. The largest absolute Gasteiger partial charge is 0.353 e. The fourth-order valence-electron chi connectivity index (χ4n) is 12.0. The van der Waals surface area contributed by atoms with Gasteiger partial charge in [-0.05, 0) is 93.6 Å². The van der Waals surface area contributed by atoms with Crippen LogP contribution in [0.4, 0.5) is 0 Å². The Balaban J connectivity index is 1.50. The molecule has 0 unspecified atom stereocenters. The smallest absolute Gasteiger partial charge is 0.207 e. The first kappa shape index (κ1) is 57.1. The summed E-state index contributed by atoms with van der Waals surface area (Å²) in [6, 6.07) is 37.3. The van der Waals surface area contributed by atoms with E-state index in [1.165, 1.54) is 77.8 Å². The van der Waals surface area contributed by atoms with Gasteiger partial charge in [-0.3, -0.25) is 0 Å². The molecule has 0 fully saturated rings. The van der Waals surface area contributed by atoms with Crippen molar-refractivity contribution >= 4 is 21.8 Å². The van der Waals surface area contributed by atoms with Gasteiger partial charge in [-0.1, -0.05) is 234 Å². The van der Waals surface area contributed by atoms with Crippen LogP contribution < -0.4 is 9.36 Å². The van der Waals surface area contributed by atoms with Gasteiger partial charge in [-0.25, -0.2) is 0 Å². The molecule has 1 N–H and O–H groups in total. The van der Waals surface area contributed by atoms with Gasteiger partial charge in [0, 0.05) is 55.3 Å². The van der Waals surface area contributed by atoms with Crippen LogP contribution >= 0.6 is 0 Å². The third kappa shape index (κ3) is 10.5. The van der Waals surface area contributed by atoms with Crippen molar-refractivity contribution < 1.29 is 9.36 Å². The van der Waals surface area contributed by atoms with Crippen molar-refractivity contribution in [1.82, 2.24) is 24.8 Å².